The molecule has 8 heteroatoms. The van der Waals surface area contributed by atoms with Crippen molar-refractivity contribution in [1.29, 1.82) is 0 Å². The van der Waals surface area contributed by atoms with Crippen LogP contribution in [0.3, 0.4) is 0 Å². The lowest BCUT2D eigenvalue weighted by atomic mass is 9.76. The molecule has 5 aliphatic rings. The van der Waals surface area contributed by atoms with E-state index < -0.39 is 5.54 Å². The maximum Gasteiger partial charge on any atom is 0.247 e. The summed E-state index contributed by atoms with van der Waals surface area (Å²) in [5.41, 5.74) is 11.3. The van der Waals surface area contributed by atoms with Gasteiger partial charge in [-0.05, 0) is 113 Å². The van der Waals surface area contributed by atoms with Crippen LogP contribution in [-0.2, 0) is 20.8 Å². The number of benzene rings is 1. The number of fused-ring (bicyclic) bond motifs is 4. The number of imide groups is 1. The van der Waals surface area contributed by atoms with Gasteiger partial charge in [0.25, 0.3) is 0 Å². The molecule has 1 saturated heterocycles. The van der Waals surface area contributed by atoms with E-state index in [4.69, 9.17) is 0 Å². The molecule has 1 spiro atoms. The minimum Gasteiger partial charge on any atom is -0.299 e. The molecule has 0 saturated carbocycles. The summed E-state index contributed by atoms with van der Waals surface area (Å²) in [7, 11) is 0. The van der Waals surface area contributed by atoms with E-state index in [-0.39, 0.29) is 41.2 Å². The standard InChI is InChI=1S/C40H52N2O3S3/c1-10-24-20-25-21-27-36-38(46-29(13-4)28(12-3)40(36)47-30(14-5)31(15-6)48-40)39(16-7,17-8)42(37(27)23(9)35(25)26(24)11-2)34(45)22-41-32(43)18-19-33(41)44/h21H,10-20,22H2,1-9H3. The van der Waals surface area contributed by atoms with Crippen molar-refractivity contribution in [2.45, 2.75) is 143 Å². The van der Waals surface area contributed by atoms with Crippen LogP contribution in [0, 0.1) is 6.92 Å². The minimum atomic E-state index is -0.605. The fraction of sp³-hybridized carbons (Fsp3) is 0.575. The van der Waals surface area contributed by atoms with Crippen LogP contribution in [0.2, 0.25) is 0 Å². The highest BCUT2D eigenvalue weighted by atomic mass is 32.2. The Balaban J connectivity index is 1.70. The maximum atomic E-state index is 15.0. The Kier molecular flexibility index (Phi) is 10.0. The first-order valence-electron chi connectivity index (χ1n) is 18.4. The molecule has 0 unspecified atom stereocenters. The third-order valence-corrected chi connectivity index (χ3v) is 16.7. The van der Waals surface area contributed by atoms with E-state index in [1.807, 2.05) is 11.8 Å². The van der Waals surface area contributed by atoms with Crippen LogP contribution in [0.15, 0.2) is 36.8 Å². The van der Waals surface area contributed by atoms with Gasteiger partial charge in [-0.25, -0.2) is 0 Å². The number of allylic oxidation sites excluding steroid dienone is 5. The molecular formula is C40H52N2O3S3. The topological polar surface area (TPSA) is 57.7 Å². The number of anilines is 1. The molecule has 3 amide bonds. The number of rotatable bonds is 10. The predicted octanol–water partition coefficient (Wildman–Crippen LogP) is 10.9. The molecule has 1 fully saturated rings. The van der Waals surface area contributed by atoms with Crippen molar-refractivity contribution < 1.29 is 14.4 Å². The second kappa shape index (κ2) is 13.5. The lowest BCUT2D eigenvalue weighted by molar-refractivity contribution is -0.142. The van der Waals surface area contributed by atoms with E-state index in [0.717, 1.165) is 63.5 Å². The molecule has 258 valence electrons. The first kappa shape index (κ1) is 35.7. The van der Waals surface area contributed by atoms with Crippen molar-refractivity contribution in [1.82, 2.24) is 4.90 Å². The largest absolute Gasteiger partial charge is 0.299 e. The normalized spacial score (nSPS) is 21.4. The van der Waals surface area contributed by atoms with Crippen LogP contribution in [-0.4, -0.2) is 38.8 Å². The van der Waals surface area contributed by atoms with Gasteiger partial charge in [0.05, 0.1) is 11.2 Å². The molecular weight excluding hydrogens is 653 g/mol. The van der Waals surface area contributed by atoms with Gasteiger partial charge in [-0.15, -0.1) is 23.5 Å². The van der Waals surface area contributed by atoms with E-state index in [0.29, 0.717) is 0 Å². The van der Waals surface area contributed by atoms with Crippen LogP contribution in [0.1, 0.15) is 142 Å². The van der Waals surface area contributed by atoms with Crippen LogP contribution in [0.5, 0.6) is 0 Å². The number of likely N-dealkylation sites (tertiary alicyclic amines) is 1. The number of carbonyl (C=O) groups excluding carboxylic acids is 3. The number of hydrogen-bond donors (Lipinski definition) is 0. The SMILES string of the molecule is CCC1=C(CC)c2c(cc3c(c2C)N(C(=O)CN2C(=O)CCC2=O)C(CC)(CC)C2=C3C3(SC(CC)=C(CC)S3)C(CC)=C(CC)S2)C1. The monoisotopic (exact) mass is 704 g/mol. The van der Waals surface area contributed by atoms with Gasteiger partial charge in [-0.3, -0.25) is 24.2 Å². The van der Waals surface area contributed by atoms with Gasteiger partial charge in [0.2, 0.25) is 17.7 Å². The fourth-order valence-electron chi connectivity index (χ4n) is 9.07. The Morgan fingerprint density at radius 1 is 0.812 bits per heavy atom. The molecule has 48 heavy (non-hydrogen) atoms. The lowest BCUT2D eigenvalue weighted by Crippen LogP contribution is -2.59. The summed E-state index contributed by atoms with van der Waals surface area (Å²) in [5, 5.41) is 0. The molecule has 1 aromatic carbocycles. The Morgan fingerprint density at radius 2 is 1.42 bits per heavy atom. The van der Waals surface area contributed by atoms with Crippen LogP contribution < -0.4 is 4.90 Å². The van der Waals surface area contributed by atoms with Crippen LogP contribution in [0.25, 0.3) is 11.1 Å². The number of nitrogens with zero attached hydrogens (tertiary/aromatic N) is 2. The Labute approximate surface area is 300 Å². The Hall–Kier alpha value is -2.16. The molecule has 4 heterocycles. The summed E-state index contributed by atoms with van der Waals surface area (Å²) >= 11 is 6.08. The average Bonchev–Trinajstić information content (AvgIpc) is 3.76. The smallest absolute Gasteiger partial charge is 0.247 e. The van der Waals surface area contributed by atoms with Crippen LogP contribution >= 0.6 is 35.3 Å². The van der Waals surface area contributed by atoms with E-state index in [1.165, 1.54) is 69.1 Å². The quantitative estimate of drug-likeness (QED) is 0.226. The van der Waals surface area contributed by atoms with Gasteiger partial charge < -0.3 is 0 Å². The molecule has 0 N–H and O–H groups in total. The van der Waals surface area contributed by atoms with Crippen LogP contribution in [0.4, 0.5) is 5.69 Å². The summed E-state index contributed by atoms with van der Waals surface area (Å²) in [4.78, 5) is 49.8. The zero-order valence-corrected chi connectivity index (χ0v) is 32.9. The highest BCUT2D eigenvalue weighted by Gasteiger charge is 2.58. The number of carbonyl (C=O) groups is 3. The highest BCUT2D eigenvalue weighted by molar-refractivity contribution is 8.25. The van der Waals surface area contributed by atoms with Gasteiger partial charge in [-0.2, -0.15) is 0 Å². The molecule has 1 aromatic rings. The Bertz CT molecular complexity index is 1690. The van der Waals surface area contributed by atoms with Crippen molar-refractivity contribution in [2.75, 3.05) is 11.4 Å². The summed E-state index contributed by atoms with van der Waals surface area (Å²) in [6, 6.07) is 2.45. The minimum absolute atomic E-state index is 0.153. The maximum absolute atomic E-state index is 15.0. The average molecular weight is 705 g/mol. The van der Waals surface area contributed by atoms with Gasteiger partial charge in [0.15, 0.2) is 0 Å². The zero-order valence-electron chi connectivity index (χ0n) is 30.4. The van der Waals surface area contributed by atoms with Gasteiger partial charge in [-0.1, -0.05) is 72.7 Å². The van der Waals surface area contributed by atoms with E-state index in [9.17, 15) is 9.59 Å². The fourth-order valence-corrected chi connectivity index (χ4v) is 15.0. The molecule has 0 bridgehead atoms. The molecule has 0 radical (unpaired) electrons. The summed E-state index contributed by atoms with van der Waals surface area (Å²) in [5.74, 6) is -0.630. The van der Waals surface area contributed by atoms with E-state index in [1.54, 1.807) is 0 Å². The molecule has 1 aliphatic carbocycles. The molecule has 5 nitrogen and oxygen atoms in total. The second-order valence-corrected chi connectivity index (χ2v) is 17.5. The van der Waals surface area contributed by atoms with Crippen molar-refractivity contribution >= 4 is 69.8 Å². The first-order valence-corrected chi connectivity index (χ1v) is 20.8. The van der Waals surface area contributed by atoms with Crippen molar-refractivity contribution in [3.8, 4) is 0 Å². The van der Waals surface area contributed by atoms with Gasteiger partial charge >= 0.3 is 0 Å². The number of thioether (sulfide) groups is 3. The van der Waals surface area contributed by atoms with Gasteiger partial charge in [0, 0.05) is 28.9 Å². The third-order valence-electron chi connectivity index (χ3n) is 11.4. The highest BCUT2D eigenvalue weighted by Crippen LogP contribution is 2.73. The van der Waals surface area contributed by atoms with Crippen molar-refractivity contribution in [2.24, 2.45) is 0 Å². The molecule has 6 rings (SSSR count). The second-order valence-electron chi connectivity index (χ2n) is 13.5. The molecule has 0 aromatic heterocycles. The van der Waals surface area contributed by atoms with E-state index >= 15 is 4.79 Å². The zero-order chi connectivity index (χ0) is 34.7. The first-order chi connectivity index (χ1) is 23.1. The molecule has 0 atom stereocenters. The third kappa shape index (κ3) is 5.00. The van der Waals surface area contributed by atoms with Crippen molar-refractivity contribution in [3.63, 3.8) is 0 Å². The van der Waals surface area contributed by atoms with Crippen molar-refractivity contribution in [3.05, 3.63) is 59.1 Å². The van der Waals surface area contributed by atoms with E-state index in [2.05, 4.69) is 96.8 Å². The summed E-state index contributed by atoms with van der Waals surface area (Å²) in [6.07, 6.45) is 8.76. The molecule has 4 aliphatic heterocycles. The van der Waals surface area contributed by atoms with Gasteiger partial charge in [0.1, 0.15) is 10.6 Å². The summed E-state index contributed by atoms with van der Waals surface area (Å²) < 4.78 is -0.286. The number of hydrogen-bond acceptors (Lipinski definition) is 6. The number of amides is 3. The summed E-state index contributed by atoms with van der Waals surface area (Å²) in [6.45, 7) is 20.2. The predicted molar refractivity (Wildman–Crippen MR) is 207 cm³/mol. The lowest BCUT2D eigenvalue weighted by Gasteiger charge is -2.54. The Morgan fingerprint density at radius 3 is 1.92 bits per heavy atom.